The number of carbonyl (C=O) groups excluding carboxylic acids is 3. The van der Waals surface area contributed by atoms with Crippen LogP contribution in [-0.2, 0) is 45.9 Å². The normalized spacial score (nSPS) is 18.6. The van der Waals surface area contributed by atoms with Crippen molar-refractivity contribution in [1.82, 2.24) is 9.88 Å². The largest absolute Gasteiger partial charge is 0.394 e. The van der Waals surface area contributed by atoms with Crippen LogP contribution in [0.25, 0.3) is 10.9 Å². The Bertz CT molecular complexity index is 2250. The zero-order valence-electron chi connectivity index (χ0n) is 29.1. The molecule has 3 heterocycles. The molecule has 4 N–H and O–H groups in total. The number of H-pyrrole nitrogens is 1. The van der Waals surface area contributed by atoms with E-state index >= 15 is 0 Å². The summed E-state index contributed by atoms with van der Waals surface area (Å²) in [6.45, 7) is 1.88. The second kappa shape index (κ2) is 14.5. The minimum Gasteiger partial charge on any atom is -0.394 e. The van der Waals surface area contributed by atoms with Gasteiger partial charge in [0.1, 0.15) is 0 Å². The number of aromatic amines is 1. The number of nitro benzene ring substituents is 1. The van der Waals surface area contributed by atoms with Gasteiger partial charge < -0.3 is 30.3 Å². The molecule has 1 aromatic heterocycles. The fourth-order valence-corrected chi connectivity index (χ4v) is 7.41. The number of aliphatic hydroxyl groups excluding tert-OH is 1. The number of aliphatic hydroxyl groups is 2. The first-order chi connectivity index (χ1) is 25.6. The fourth-order valence-electron chi connectivity index (χ4n) is 7.41. The van der Waals surface area contributed by atoms with Gasteiger partial charge in [0.25, 0.3) is 11.6 Å². The van der Waals surface area contributed by atoms with Crippen LogP contribution >= 0.6 is 0 Å². The highest BCUT2D eigenvalue weighted by Crippen LogP contribution is 2.47. The predicted molar refractivity (Wildman–Crippen MR) is 200 cm³/mol. The van der Waals surface area contributed by atoms with E-state index in [2.05, 4.69) is 10.3 Å². The Morgan fingerprint density at radius 1 is 1.06 bits per heavy atom. The average molecular weight is 714 g/mol. The molecule has 12 nitrogen and oxygen atoms in total. The van der Waals surface area contributed by atoms with Crippen LogP contribution in [0.2, 0.25) is 0 Å². The fraction of sp³-hybridized carbons (Fsp3) is 0.244. The van der Waals surface area contributed by atoms with Crippen molar-refractivity contribution >= 4 is 45.7 Å². The second-order valence-corrected chi connectivity index (χ2v) is 13.6. The number of para-hydroxylation sites is 1. The van der Waals surface area contributed by atoms with Crippen LogP contribution in [0.15, 0.2) is 109 Å². The molecule has 3 atom stereocenters. The molecule has 5 aromatic rings. The number of hydrogen-bond donors (Lipinski definition) is 4. The summed E-state index contributed by atoms with van der Waals surface area (Å²) in [7, 11) is 0. The monoisotopic (exact) mass is 713 g/mol. The van der Waals surface area contributed by atoms with Crippen molar-refractivity contribution in [2.45, 2.75) is 50.9 Å². The third-order valence-electron chi connectivity index (χ3n) is 10.3. The molecule has 0 aliphatic carbocycles. The van der Waals surface area contributed by atoms with Crippen molar-refractivity contribution in [2.75, 3.05) is 16.8 Å². The Kier molecular flexibility index (Phi) is 9.65. The van der Waals surface area contributed by atoms with Gasteiger partial charge in [-0.3, -0.25) is 24.5 Å². The first kappa shape index (κ1) is 35.3. The molecule has 0 fully saturated rings. The predicted octanol–water partition coefficient (Wildman–Crippen LogP) is 5.52. The molecule has 2 aliphatic heterocycles. The number of fused-ring (bicyclic) bond motifs is 3. The van der Waals surface area contributed by atoms with E-state index in [1.165, 1.54) is 23.1 Å². The van der Waals surface area contributed by atoms with E-state index in [0.717, 1.165) is 27.6 Å². The molecule has 0 saturated carbocycles. The number of nitrogens with one attached hydrogen (secondary N) is 2. The van der Waals surface area contributed by atoms with Gasteiger partial charge in [0.15, 0.2) is 5.60 Å². The summed E-state index contributed by atoms with van der Waals surface area (Å²) >= 11 is 0. The molecule has 4 aromatic carbocycles. The summed E-state index contributed by atoms with van der Waals surface area (Å²) in [4.78, 5) is 57.7. The quantitative estimate of drug-likeness (QED) is 0.0794. The highest BCUT2D eigenvalue weighted by molar-refractivity contribution is 6.07. The van der Waals surface area contributed by atoms with Gasteiger partial charge in [-0.25, -0.2) is 0 Å². The Balaban J connectivity index is 1.05. The summed E-state index contributed by atoms with van der Waals surface area (Å²) in [6, 6.07) is 26.2. The smallest absolute Gasteiger partial charge is 0.269 e. The number of anilines is 2. The lowest BCUT2D eigenvalue weighted by atomic mass is 9.82. The number of aromatic nitrogens is 1. The lowest BCUT2D eigenvalue weighted by Gasteiger charge is -2.36. The van der Waals surface area contributed by atoms with Gasteiger partial charge in [-0.15, -0.1) is 0 Å². The highest BCUT2D eigenvalue weighted by Gasteiger charge is 2.53. The number of carbonyl (C=O) groups is 3. The Morgan fingerprint density at radius 2 is 1.79 bits per heavy atom. The van der Waals surface area contributed by atoms with Gasteiger partial charge in [-0.2, -0.15) is 0 Å². The van der Waals surface area contributed by atoms with E-state index in [1.54, 1.807) is 48.2 Å². The number of benzene rings is 4. The van der Waals surface area contributed by atoms with Crippen LogP contribution in [0.5, 0.6) is 0 Å². The molecule has 0 radical (unpaired) electrons. The first-order valence-corrected chi connectivity index (χ1v) is 17.5. The van der Waals surface area contributed by atoms with Gasteiger partial charge in [0.05, 0.1) is 36.2 Å². The number of nitrogens with zero attached hydrogens (tertiary/aromatic N) is 3. The Hall–Kier alpha value is -6.11. The topological polar surface area (TPSA) is 169 Å². The van der Waals surface area contributed by atoms with Gasteiger partial charge >= 0.3 is 0 Å². The van der Waals surface area contributed by atoms with E-state index in [-0.39, 0.29) is 55.1 Å². The number of amides is 3. The first-order valence-electron chi connectivity index (χ1n) is 17.5. The van der Waals surface area contributed by atoms with Crippen molar-refractivity contribution in [3.8, 4) is 0 Å². The van der Waals surface area contributed by atoms with Crippen LogP contribution in [0.1, 0.15) is 41.2 Å². The van der Waals surface area contributed by atoms with Crippen LogP contribution < -0.4 is 10.2 Å². The van der Waals surface area contributed by atoms with E-state index in [1.807, 2.05) is 54.7 Å². The van der Waals surface area contributed by atoms with E-state index in [0.29, 0.717) is 29.9 Å². The molecule has 7 rings (SSSR count). The number of non-ortho nitro benzene ring substituents is 1. The zero-order chi connectivity index (χ0) is 37.3. The molecule has 0 bridgehead atoms. The van der Waals surface area contributed by atoms with Crippen molar-refractivity contribution in [1.29, 1.82) is 0 Å². The maximum absolute atomic E-state index is 14.1. The van der Waals surface area contributed by atoms with Crippen LogP contribution in [0, 0.1) is 16.0 Å². The SMILES string of the molecule is C[C@@H](/C=C/CC(=O)N1Cc2ccccc2C[C@H]1CO)[C@]1(O)C(=O)N(Cc2ccc(NC(=O)Cc3c[nH]c4ccccc34)cc2)c2ccc([N+](=O)[O-])cc21. The molecule has 3 amide bonds. The summed E-state index contributed by atoms with van der Waals surface area (Å²) < 4.78 is 0. The highest BCUT2D eigenvalue weighted by atomic mass is 16.6. The van der Waals surface area contributed by atoms with Gasteiger partial charge in [-0.05, 0) is 52.9 Å². The Morgan fingerprint density at radius 3 is 2.55 bits per heavy atom. The summed E-state index contributed by atoms with van der Waals surface area (Å²) in [5.41, 5.74) is 3.27. The van der Waals surface area contributed by atoms with Crippen LogP contribution in [-0.4, -0.2) is 55.4 Å². The molecule has 270 valence electrons. The molecule has 0 unspecified atom stereocenters. The van der Waals surface area contributed by atoms with Crippen molar-refractivity contribution in [2.24, 2.45) is 5.92 Å². The maximum Gasteiger partial charge on any atom is 0.269 e. The summed E-state index contributed by atoms with van der Waals surface area (Å²) in [6.07, 6.45) is 5.71. The summed E-state index contributed by atoms with van der Waals surface area (Å²) in [5.74, 6) is -1.90. The number of nitro groups is 1. The van der Waals surface area contributed by atoms with E-state index in [4.69, 9.17) is 0 Å². The van der Waals surface area contributed by atoms with E-state index in [9.17, 15) is 34.7 Å². The van der Waals surface area contributed by atoms with Crippen LogP contribution in [0.4, 0.5) is 17.1 Å². The summed E-state index contributed by atoms with van der Waals surface area (Å²) in [5, 5.41) is 37.7. The average Bonchev–Trinajstić information content (AvgIpc) is 3.67. The molecule has 12 heteroatoms. The third-order valence-corrected chi connectivity index (χ3v) is 10.3. The molecule has 0 spiro atoms. The standard InChI is InChI=1S/C41H39N5O7/c1-26(7-6-12-39(49)44-24-29-9-3-2-8-28(29)19-33(44)25-47)41(51)35-21-32(46(52)53)17-18-37(35)45(40(41)50)23-27-13-15-31(16-14-27)43-38(48)20-30-22-42-36-11-5-4-10-34(30)36/h2-11,13-18,21-22,26,33,42,47,51H,12,19-20,23-25H2,1H3,(H,43,48)/b7-6+/t26-,33-,41+/m0/s1. The molecular weight excluding hydrogens is 674 g/mol. The minimum atomic E-state index is -2.14. The van der Waals surface area contributed by atoms with Gasteiger partial charge in [0.2, 0.25) is 11.8 Å². The van der Waals surface area contributed by atoms with Crippen LogP contribution in [0.3, 0.4) is 0 Å². The number of rotatable bonds is 11. The third kappa shape index (κ3) is 6.82. The lowest BCUT2D eigenvalue weighted by Crippen LogP contribution is -2.46. The number of hydrogen-bond acceptors (Lipinski definition) is 7. The van der Waals surface area contributed by atoms with Crippen molar-refractivity contribution in [3.05, 3.63) is 147 Å². The van der Waals surface area contributed by atoms with Gasteiger partial charge in [0, 0.05) is 59.4 Å². The maximum atomic E-state index is 14.1. The lowest BCUT2D eigenvalue weighted by molar-refractivity contribution is -0.385. The molecule has 0 saturated heterocycles. The van der Waals surface area contributed by atoms with Crippen molar-refractivity contribution < 1.29 is 29.5 Å². The minimum absolute atomic E-state index is 0.0244. The van der Waals surface area contributed by atoms with E-state index < -0.39 is 22.3 Å². The molecular formula is C41H39N5O7. The van der Waals surface area contributed by atoms with Crippen molar-refractivity contribution in [3.63, 3.8) is 0 Å². The Labute approximate surface area is 305 Å². The molecule has 53 heavy (non-hydrogen) atoms. The van der Waals surface area contributed by atoms with Gasteiger partial charge in [-0.1, -0.05) is 73.7 Å². The molecule has 2 aliphatic rings. The zero-order valence-corrected chi connectivity index (χ0v) is 29.1. The second-order valence-electron chi connectivity index (χ2n) is 13.6.